The number of benzene rings is 1. The molecule has 0 amide bonds. The SMILES string of the molecule is CC1C[C@@H](O)c2ccccc2O1. The van der Waals surface area contributed by atoms with Gasteiger partial charge in [-0.25, -0.2) is 0 Å². The summed E-state index contributed by atoms with van der Waals surface area (Å²) >= 11 is 0. The highest BCUT2D eigenvalue weighted by molar-refractivity contribution is 5.36. The van der Waals surface area contributed by atoms with Crippen LogP contribution in [0.1, 0.15) is 25.0 Å². The maximum atomic E-state index is 9.65. The Morgan fingerprint density at radius 1 is 1.42 bits per heavy atom. The Morgan fingerprint density at radius 3 is 3.00 bits per heavy atom. The van der Waals surface area contributed by atoms with Crippen LogP contribution >= 0.6 is 0 Å². The smallest absolute Gasteiger partial charge is 0.125 e. The summed E-state index contributed by atoms with van der Waals surface area (Å²) in [5.41, 5.74) is 0.913. The van der Waals surface area contributed by atoms with Crippen molar-refractivity contribution in [2.24, 2.45) is 0 Å². The molecule has 0 bridgehead atoms. The standard InChI is InChI=1S/C10H12O2/c1-7-6-9(11)8-4-2-3-5-10(8)12-7/h2-5,7,9,11H,6H2,1H3/t7?,9-/m1/s1. The van der Waals surface area contributed by atoms with E-state index in [-0.39, 0.29) is 12.2 Å². The first kappa shape index (κ1) is 7.62. The predicted octanol–water partition coefficient (Wildman–Crippen LogP) is 1.89. The Bertz CT molecular complexity index is 283. The molecule has 12 heavy (non-hydrogen) atoms. The minimum absolute atomic E-state index is 0.120. The number of ether oxygens (including phenoxy) is 1. The van der Waals surface area contributed by atoms with Gasteiger partial charge in [0, 0.05) is 12.0 Å². The predicted molar refractivity (Wildman–Crippen MR) is 46.1 cm³/mol. The van der Waals surface area contributed by atoms with Crippen molar-refractivity contribution in [1.82, 2.24) is 0 Å². The van der Waals surface area contributed by atoms with Crippen LogP contribution in [-0.4, -0.2) is 11.2 Å². The van der Waals surface area contributed by atoms with Crippen LogP contribution in [-0.2, 0) is 0 Å². The first-order chi connectivity index (χ1) is 5.77. The maximum absolute atomic E-state index is 9.65. The Morgan fingerprint density at radius 2 is 2.17 bits per heavy atom. The van der Waals surface area contributed by atoms with Crippen molar-refractivity contribution in [3.63, 3.8) is 0 Å². The molecule has 0 aliphatic carbocycles. The van der Waals surface area contributed by atoms with Crippen LogP contribution in [0, 0.1) is 0 Å². The summed E-state index contributed by atoms with van der Waals surface area (Å²) in [5.74, 6) is 0.823. The lowest BCUT2D eigenvalue weighted by molar-refractivity contribution is 0.0749. The summed E-state index contributed by atoms with van der Waals surface area (Å²) < 4.78 is 5.54. The van der Waals surface area contributed by atoms with Crippen LogP contribution in [0.25, 0.3) is 0 Å². The fourth-order valence-electron chi connectivity index (χ4n) is 1.57. The lowest BCUT2D eigenvalue weighted by Crippen LogP contribution is -2.22. The van der Waals surface area contributed by atoms with Crippen molar-refractivity contribution in [2.45, 2.75) is 25.6 Å². The molecule has 64 valence electrons. The van der Waals surface area contributed by atoms with E-state index in [0.29, 0.717) is 6.42 Å². The molecule has 0 radical (unpaired) electrons. The van der Waals surface area contributed by atoms with Gasteiger partial charge in [-0.1, -0.05) is 18.2 Å². The van der Waals surface area contributed by atoms with Gasteiger partial charge >= 0.3 is 0 Å². The second-order valence-electron chi connectivity index (χ2n) is 3.22. The molecule has 0 spiro atoms. The van der Waals surface area contributed by atoms with Crippen LogP contribution < -0.4 is 4.74 Å². The van der Waals surface area contributed by atoms with Gasteiger partial charge in [-0.05, 0) is 13.0 Å². The summed E-state index contributed by atoms with van der Waals surface area (Å²) in [6.45, 7) is 1.97. The van der Waals surface area contributed by atoms with E-state index in [4.69, 9.17) is 4.74 Å². The summed E-state index contributed by atoms with van der Waals surface area (Å²) in [6.07, 6.45) is 0.455. The Kier molecular flexibility index (Phi) is 1.77. The van der Waals surface area contributed by atoms with Gasteiger partial charge in [-0.15, -0.1) is 0 Å². The molecule has 0 fully saturated rings. The Labute approximate surface area is 71.8 Å². The maximum Gasteiger partial charge on any atom is 0.125 e. The highest BCUT2D eigenvalue weighted by atomic mass is 16.5. The molecule has 0 aromatic heterocycles. The number of hydrogen-bond donors (Lipinski definition) is 1. The summed E-state index contributed by atoms with van der Waals surface area (Å²) in [4.78, 5) is 0. The molecular weight excluding hydrogens is 152 g/mol. The largest absolute Gasteiger partial charge is 0.490 e. The molecule has 1 aliphatic rings. The summed E-state index contributed by atoms with van der Waals surface area (Å²) in [6, 6.07) is 7.64. The molecule has 1 N–H and O–H groups in total. The number of fused-ring (bicyclic) bond motifs is 1. The average molecular weight is 164 g/mol. The third kappa shape index (κ3) is 1.18. The van der Waals surface area contributed by atoms with Crippen LogP contribution in [0.15, 0.2) is 24.3 Å². The molecule has 1 unspecified atom stereocenters. The lowest BCUT2D eigenvalue weighted by Gasteiger charge is -2.26. The van der Waals surface area contributed by atoms with Crippen molar-refractivity contribution < 1.29 is 9.84 Å². The quantitative estimate of drug-likeness (QED) is 0.634. The van der Waals surface area contributed by atoms with Gasteiger partial charge in [-0.2, -0.15) is 0 Å². The van der Waals surface area contributed by atoms with Gasteiger partial charge in [0.05, 0.1) is 12.2 Å². The first-order valence-corrected chi connectivity index (χ1v) is 4.21. The molecule has 2 rings (SSSR count). The van der Waals surface area contributed by atoms with E-state index in [9.17, 15) is 5.11 Å². The van der Waals surface area contributed by atoms with E-state index in [1.165, 1.54) is 0 Å². The molecule has 2 nitrogen and oxygen atoms in total. The van der Waals surface area contributed by atoms with Crippen molar-refractivity contribution in [3.8, 4) is 5.75 Å². The van der Waals surface area contributed by atoms with Gasteiger partial charge in [0.1, 0.15) is 5.75 Å². The van der Waals surface area contributed by atoms with E-state index in [0.717, 1.165) is 11.3 Å². The minimum atomic E-state index is -0.357. The second-order valence-corrected chi connectivity index (χ2v) is 3.22. The molecule has 1 aromatic carbocycles. The van der Waals surface area contributed by atoms with E-state index in [2.05, 4.69) is 0 Å². The fraction of sp³-hybridized carbons (Fsp3) is 0.400. The topological polar surface area (TPSA) is 29.5 Å². The third-order valence-corrected chi connectivity index (χ3v) is 2.16. The molecule has 2 atom stereocenters. The third-order valence-electron chi connectivity index (χ3n) is 2.16. The highest BCUT2D eigenvalue weighted by Crippen LogP contribution is 2.33. The summed E-state index contributed by atoms with van der Waals surface area (Å²) in [7, 11) is 0. The zero-order chi connectivity index (χ0) is 8.55. The zero-order valence-electron chi connectivity index (χ0n) is 7.03. The number of aliphatic hydroxyl groups excluding tert-OH is 1. The number of aliphatic hydroxyl groups is 1. The van der Waals surface area contributed by atoms with Gasteiger partial charge in [-0.3, -0.25) is 0 Å². The molecular formula is C10H12O2. The van der Waals surface area contributed by atoms with E-state index in [1.54, 1.807) is 0 Å². The lowest BCUT2D eigenvalue weighted by atomic mass is 10.0. The van der Waals surface area contributed by atoms with Crippen molar-refractivity contribution in [3.05, 3.63) is 29.8 Å². The van der Waals surface area contributed by atoms with Crippen molar-refractivity contribution in [1.29, 1.82) is 0 Å². The van der Waals surface area contributed by atoms with Crippen LogP contribution in [0.5, 0.6) is 5.75 Å². The van der Waals surface area contributed by atoms with Gasteiger partial charge in [0.15, 0.2) is 0 Å². The van der Waals surface area contributed by atoms with Crippen molar-refractivity contribution in [2.75, 3.05) is 0 Å². The number of para-hydroxylation sites is 1. The van der Waals surface area contributed by atoms with Crippen LogP contribution in [0.4, 0.5) is 0 Å². The monoisotopic (exact) mass is 164 g/mol. The summed E-state index contributed by atoms with van der Waals surface area (Å²) in [5, 5.41) is 9.65. The second kappa shape index (κ2) is 2.79. The van der Waals surface area contributed by atoms with E-state index < -0.39 is 0 Å². The van der Waals surface area contributed by atoms with Crippen molar-refractivity contribution >= 4 is 0 Å². The number of hydrogen-bond acceptors (Lipinski definition) is 2. The molecule has 0 saturated carbocycles. The molecule has 1 aromatic rings. The zero-order valence-corrected chi connectivity index (χ0v) is 7.03. The van der Waals surface area contributed by atoms with Gasteiger partial charge in [0.2, 0.25) is 0 Å². The molecule has 1 heterocycles. The van der Waals surface area contributed by atoms with Gasteiger partial charge in [0.25, 0.3) is 0 Å². The van der Waals surface area contributed by atoms with E-state index >= 15 is 0 Å². The van der Waals surface area contributed by atoms with Crippen LogP contribution in [0.2, 0.25) is 0 Å². The Hall–Kier alpha value is -1.02. The highest BCUT2D eigenvalue weighted by Gasteiger charge is 2.22. The Balaban J connectivity index is 2.40. The molecule has 0 saturated heterocycles. The average Bonchev–Trinajstić information content (AvgIpc) is 2.04. The van der Waals surface area contributed by atoms with E-state index in [1.807, 2.05) is 31.2 Å². The normalized spacial score (nSPS) is 27.5. The molecule has 2 heteroatoms. The fourth-order valence-corrected chi connectivity index (χ4v) is 1.57. The van der Waals surface area contributed by atoms with Gasteiger partial charge < -0.3 is 9.84 Å². The molecule has 1 aliphatic heterocycles. The minimum Gasteiger partial charge on any atom is -0.490 e. The van der Waals surface area contributed by atoms with Crippen LogP contribution in [0.3, 0.4) is 0 Å². The number of rotatable bonds is 0. The first-order valence-electron chi connectivity index (χ1n) is 4.21.